The maximum absolute atomic E-state index is 10.9. The quantitative estimate of drug-likeness (QED) is 0.748. The van der Waals surface area contributed by atoms with Gasteiger partial charge in [0.1, 0.15) is 5.82 Å². The number of aromatic nitrogens is 1. The lowest BCUT2D eigenvalue weighted by molar-refractivity contribution is -0.116. The van der Waals surface area contributed by atoms with Crippen LogP contribution in [-0.4, -0.2) is 23.5 Å². The number of hydrogen-bond donors (Lipinski definition) is 2. The number of rotatable bonds is 4. The van der Waals surface area contributed by atoms with E-state index in [0.29, 0.717) is 5.82 Å². The number of carbonyl (C=O) groups is 1. The highest BCUT2D eigenvalue weighted by Gasteiger charge is 2.13. The van der Waals surface area contributed by atoms with Crippen LogP contribution in [0.4, 0.5) is 11.5 Å². The van der Waals surface area contributed by atoms with Crippen LogP contribution in [0.3, 0.4) is 0 Å². The van der Waals surface area contributed by atoms with Crippen LogP contribution in [0.25, 0.3) is 0 Å². The molecule has 5 nitrogen and oxygen atoms in total. The van der Waals surface area contributed by atoms with E-state index in [1.54, 1.807) is 18.3 Å². The van der Waals surface area contributed by atoms with Crippen LogP contribution >= 0.6 is 0 Å². The van der Waals surface area contributed by atoms with E-state index < -0.39 is 0 Å². The zero-order chi connectivity index (χ0) is 11.4. The Morgan fingerprint density at radius 3 is 2.73 bits per heavy atom. The van der Waals surface area contributed by atoms with E-state index in [-0.39, 0.29) is 18.5 Å². The number of carbonyl (C=O) groups excluding carboxylic acids is 1. The van der Waals surface area contributed by atoms with Gasteiger partial charge in [0.25, 0.3) is 0 Å². The molecule has 1 amide bonds. The molecule has 0 aliphatic heterocycles. The summed E-state index contributed by atoms with van der Waals surface area (Å²) in [5.74, 6) is 0.0710. The fraction of sp³-hybridized carbons (Fsp3) is 0.400. The number of pyridine rings is 1. The normalized spacial score (nSPS) is 10.3. The Bertz CT molecular complexity index is 351. The van der Waals surface area contributed by atoms with Crippen LogP contribution in [0.15, 0.2) is 18.3 Å². The summed E-state index contributed by atoms with van der Waals surface area (Å²) in [5.41, 5.74) is 11.6. The van der Waals surface area contributed by atoms with Crippen LogP contribution in [0.5, 0.6) is 0 Å². The molecule has 1 aromatic rings. The van der Waals surface area contributed by atoms with E-state index in [4.69, 9.17) is 11.5 Å². The van der Waals surface area contributed by atoms with E-state index in [1.165, 1.54) is 0 Å². The molecule has 0 saturated heterocycles. The number of amides is 1. The number of primary amides is 1. The van der Waals surface area contributed by atoms with E-state index in [2.05, 4.69) is 4.98 Å². The van der Waals surface area contributed by atoms with Gasteiger partial charge >= 0.3 is 0 Å². The van der Waals surface area contributed by atoms with Gasteiger partial charge in [0.05, 0.1) is 6.54 Å². The second-order valence-electron chi connectivity index (χ2n) is 3.63. The van der Waals surface area contributed by atoms with Crippen molar-refractivity contribution in [2.45, 2.75) is 19.9 Å². The minimum Gasteiger partial charge on any atom is -0.384 e. The summed E-state index contributed by atoms with van der Waals surface area (Å²) in [5, 5.41) is 0. The molecule has 0 aromatic carbocycles. The summed E-state index contributed by atoms with van der Waals surface area (Å²) in [6.07, 6.45) is 1.61. The molecule has 15 heavy (non-hydrogen) atoms. The Balaban J connectivity index is 2.93. The summed E-state index contributed by atoms with van der Waals surface area (Å²) in [7, 11) is 0. The van der Waals surface area contributed by atoms with Crippen molar-refractivity contribution in [1.82, 2.24) is 4.98 Å². The van der Waals surface area contributed by atoms with Crippen molar-refractivity contribution in [3.05, 3.63) is 18.3 Å². The molecule has 0 fully saturated rings. The van der Waals surface area contributed by atoms with E-state index in [1.807, 2.05) is 18.7 Å². The van der Waals surface area contributed by atoms with Crippen LogP contribution < -0.4 is 16.4 Å². The Hall–Kier alpha value is -1.78. The first-order chi connectivity index (χ1) is 7.00. The minimum absolute atomic E-state index is 0.180. The van der Waals surface area contributed by atoms with Crippen molar-refractivity contribution in [3.8, 4) is 0 Å². The first-order valence-electron chi connectivity index (χ1n) is 4.77. The van der Waals surface area contributed by atoms with Crippen molar-refractivity contribution in [3.63, 3.8) is 0 Å². The van der Waals surface area contributed by atoms with Crippen molar-refractivity contribution < 1.29 is 4.79 Å². The predicted octanol–water partition coefficient (Wildman–Crippen LogP) is 0.364. The fourth-order valence-electron chi connectivity index (χ4n) is 1.36. The maximum atomic E-state index is 10.9. The van der Waals surface area contributed by atoms with Gasteiger partial charge in [-0.3, -0.25) is 4.79 Å². The first kappa shape index (κ1) is 11.3. The van der Waals surface area contributed by atoms with E-state index in [9.17, 15) is 4.79 Å². The van der Waals surface area contributed by atoms with Gasteiger partial charge in [-0.1, -0.05) is 0 Å². The molecule has 0 aliphatic rings. The number of hydrogen-bond acceptors (Lipinski definition) is 4. The first-order valence-corrected chi connectivity index (χ1v) is 4.77. The number of nitrogens with zero attached hydrogens (tertiary/aromatic N) is 2. The lowest BCUT2D eigenvalue weighted by atomic mass is 10.2. The predicted molar refractivity (Wildman–Crippen MR) is 60.3 cm³/mol. The van der Waals surface area contributed by atoms with Crippen LogP contribution in [0, 0.1) is 0 Å². The topological polar surface area (TPSA) is 85.2 Å². The molecule has 4 N–H and O–H groups in total. The van der Waals surface area contributed by atoms with Crippen LogP contribution in [-0.2, 0) is 4.79 Å². The monoisotopic (exact) mass is 208 g/mol. The molecule has 1 aromatic heterocycles. The molecule has 1 heterocycles. The van der Waals surface area contributed by atoms with Crippen molar-refractivity contribution in [2.24, 2.45) is 5.73 Å². The summed E-state index contributed by atoms with van der Waals surface area (Å²) in [4.78, 5) is 16.7. The zero-order valence-corrected chi connectivity index (χ0v) is 8.97. The highest BCUT2D eigenvalue weighted by atomic mass is 16.1. The Morgan fingerprint density at radius 1 is 1.60 bits per heavy atom. The van der Waals surface area contributed by atoms with Crippen LogP contribution in [0.2, 0.25) is 0 Å². The lowest BCUT2D eigenvalue weighted by Gasteiger charge is -2.27. The van der Waals surface area contributed by atoms with Gasteiger partial charge in [-0.05, 0) is 19.9 Å². The standard InChI is InChI=1S/C10H16N4O/c1-7(2)14(6-10(12)15)8-3-4-13-9(11)5-8/h3-5,7H,6H2,1-2H3,(H2,11,13)(H2,12,15). The molecule has 82 valence electrons. The SMILES string of the molecule is CC(C)N(CC(N)=O)c1ccnc(N)c1. The lowest BCUT2D eigenvalue weighted by Crippen LogP contribution is -2.38. The Labute approximate surface area is 89.1 Å². The highest BCUT2D eigenvalue weighted by Crippen LogP contribution is 2.17. The van der Waals surface area contributed by atoms with Gasteiger partial charge in [-0.2, -0.15) is 0 Å². The van der Waals surface area contributed by atoms with Gasteiger partial charge in [-0.15, -0.1) is 0 Å². The van der Waals surface area contributed by atoms with Gasteiger partial charge in [-0.25, -0.2) is 4.98 Å². The molecule has 5 heteroatoms. The number of anilines is 2. The van der Waals surface area contributed by atoms with Gasteiger partial charge < -0.3 is 16.4 Å². The summed E-state index contributed by atoms with van der Waals surface area (Å²) in [6.45, 7) is 4.15. The molecule has 0 aliphatic carbocycles. The van der Waals surface area contributed by atoms with Crippen molar-refractivity contribution in [1.29, 1.82) is 0 Å². The molecule has 1 rings (SSSR count). The summed E-state index contributed by atoms with van der Waals surface area (Å²) in [6, 6.07) is 3.71. The molecule has 0 atom stereocenters. The molecular formula is C10H16N4O. The van der Waals surface area contributed by atoms with Crippen molar-refractivity contribution >= 4 is 17.4 Å². The molecule has 0 unspecified atom stereocenters. The average Bonchev–Trinajstić information content (AvgIpc) is 2.13. The molecule has 0 spiro atoms. The number of nitrogens with two attached hydrogens (primary N) is 2. The molecule has 0 saturated carbocycles. The second-order valence-corrected chi connectivity index (χ2v) is 3.63. The highest BCUT2D eigenvalue weighted by molar-refractivity contribution is 5.79. The van der Waals surface area contributed by atoms with E-state index >= 15 is 0 Å². The smallest absolute Gasteiger partial charge is 0.236 e. The fourth-order valence-corrected chi connectivity index (χ4v) is 1.36. The average molecular weight is 208 g/mol. The summed E-state index contributed by atoms with van der Waals surface area (Å²) < 4.78 is 0. The molecule has 0 bridgehead atoms. The van der Waals surface area contributed by atoms with E-state index in [0.717, 1.165) is 5.69 Å². The third kappa shape index (κ3) is 3.12. The number of nitrogen functional groups attached to an aromatic ring is 1. The minimum atomic E-state index is -0.362. The molecule has 0 radical (unpaired) electrons. The summed E-state index contributed by atoms with van der Waals surface area (Å²) >= 11 is 0. The third-order valence-corrected chi connectivity index (χ3v) is 2.05. The van der Waals surface area contributed by atoms with Crippen molar-refractivity contribution in [2.75, 3.05) is 17.2 Å². The maximum Gasteiger partial charge on any atom is 0.236 e. The Kier molecular flexibility index (Phi) is 3.49. The van der Waals surface area contributed by atoms with Crippen LogP contribution in [0.1, 0.15) is 13.8 Å². The van der Waals surface area contributed by atoms with Gasteiger partial charge in [0.2, 0.25) is 5.91 Å². The van der Waals surface area contributed by atoms with Gasteiger partial charge in [0, 0.05) is 24.0 Å². The largest absolute Gasteiger partial charge is 0.384 e. The Morgan fingerprint density at radius 2 is 2.27 bits per heavy atom. The van der Waals surface area contributed by atoms with Gasteiger partial charge in [0.15, 0.2) is 0 Å². The third-order valence-electron chi connectivity index (χ3n) is 2.05. The zero-order valence-electron chi connectivity index (χ0n) is 8.97. The second kappa shape index (κ2) is 4.63. The molecular weight excluding hydrogens is 192 g/mol.